The van der Waals surface area contributed by atoms with Crippen molar-refractivity contribution < 1.29 is 23.6 Å². The number of aromatic nitrogens is 1. The summed E-state index contributed by atoms with van der Waals surface area (Å²) in [6.07, 6.45) is 0.138. The van der Waals surface area contributed by atoms with Crippen molar-refractivity contribution in [1.82, 2.24) is 10.1 Å². The number of rotatable bonds is 8. The molecule has 158 valence electrons. The molecule has 2 aromatic carbocycles. The Labute approximate surface area is 175 Å². The zero-order valence-electron chi connectivity index (χ0n) is 17.7. The van der Waals surface area contributed by atoms with Gasteiger partial charge in [0.1, 0.15) is 18.1 Å². The standard InChI is InChI=1S/C23H26N2O5/c1-5-28-22(26)10-11-25(4)23(27)19-12-17-8-6-7-9-18(17)13-21(19)29-14-20-15(2)24-30-16(20)3/h6-9,12-13H,5,10-11,14H2,1-4H3. The van der Waals surface area contributed by atoms with Crippen LogP contribution >= 0.6 is 0 Å². The Balaban J connectivity index is 1.86. The fourth-order valence-corrected chi connectivity index (χ4v) is 3.16. The van der Waals surface area contributed by atoms with Crippen LogP contribution in [0.25, 0.3) is 10.8 Å². The molecular formula is C23H26N2O5. The van der Waals surface area contributed by atoms with Gasteiger partial charge in [0.15, 0.2) is 0 Å². The van der Waals surface area contributed by atoms with Crippen LogP contribution < -0.4 is 4.74 Å². The van der Waals surface area contributed by atoms with Crippen LogP contribution in [0.4, 0.5) is 0 Å². The number of aryl methyl sites for hydroxylation is 2. The Kier molecular flexibility index (Phi) is 6.72. The molecule has 0 N–H and O–H groups in total. The molecule has 30 heavy (non-hydrogen) atoms. The van der Waals surface area contributed by atoms with Crippen molar-refractivity contribution in [2.24, 2.45) is 0 Å². The quantitative estimate of drug-likeness (QED) is 0.521. The van der Waals surface area contributed by atoms with Gasteiger partial charge in [-0.1, -0.05) is 29.4 Å². The van der Waals surface area contributed by atoms with E-state index in [1.807, 2.05) is 50.2 Å². The summed E-state index contributed by atoms with van der Waals surface area (Å²) in [6, 6.07) is 11.5. The Bertz CT molecular complexity index is 1040. The highest BCUT2D eigenvalue weighted by Crippen LogP contribution is 2.28. The minimum atomic E-state index is -0.328. The third-order valence-electron chi connectivity index (χ3n) is 4.93. The van der Waals surface area contributed by atoms with E-state index in [4.69, 9.17) is 14.0 Å². The molecule has 0 bridgehead atoms. The van der Waals surface area contributed by atoms with Gasteiger partial charge in [0.2, 0.25) is 0 Å². The van der Waals surface area contributed by atoms with Crippen LogP contribution in [-0.4, -0.2) is 42.1 Å². The largest absolute Gasteiger partial charge is 0.488 e. The zero-order chi connectivity index (χ0) is 21.7. The number of fused-ring (bicyclic) bond motifs is 1. The number of hydrogen-bond acceptors (Lipinski definition) is 6. The van der Waals surface area contributed by atoms with E-state index < -0.39 is 0 Å². The van der Waals surface area contributed by atoms with Crippen LogP contribution in [0.5, 0.6) is 5.75 Å². The van der Waals surface area contributed by atoms with E-state index >= 15 is 0 Å². The van der Waals surface area contributed by atoms with E-state index in [0.717, 1.165) is 22.0 Å². The summed E-state index contributed by atoms with van der Waals surface area (Å²) in [5.41, 5.74) is 2.05. The molecule has 3 aromatic rings. The number of esters is 1. The SMILES string of the molecule is CCOC(=O)CCN(C)C(=O)c1cc2ccccc2cc1OCc1c(C)noc1C. The molecule has 0 aliphatic rings. The first-order chi connectivity index (χ1) is 14.4. The van der Waals surface area contributed by atoms with Crippen molar-refractivity contribution in [2.45, 2.75) is 33.8 Å². The normalized spacial score (nSPS) is 10.8. The fourth-order valence-electron chi connectivity index (χ4n) is 3.16. The molecule has 7 heteroatoms. The van der Waals surface area contributed by atoms with Crippen LogP contribution in [-0.2, 0) is 16.1 Å². The lowest BCUT2D eigenvalue weighted by atomic mass is 10.0. The number of benzene rings is 2. The molecule has 0 saturated heterocycles. The summed E-state index contributed by atoms with van der Waals surface area (Å²) in [6.45, 7) is 6.25. The maximum Gasteiger partial charge on any atom is 0.307 e. The van der Waals surface area contributed by atoms with Gasteiger partial charge in [-0.25, -0.2) is 0 Å². The number of carbonyl (C=O) groups is 2. The van der Waals surface area contributed by atoms with Gasteiger partial charge in [0.25, 0.3) is 5.91 Å². The lowest BCUT2D eigenvalue weighted by Gasteiger charge is -2.19. The Morgan fingerprint density at radius 1 is 1.13 bits per heavy atom. The van der Waals surface area contributed by atoms with Gasteiger partial charge in [-0.15, -0.1) is 0 Å². The maximum absolute atomic E-state index is 13.1. The lowest BCUT2D eigenvalue weighted by Crippen LogP contribution is -2.29. The maximum atomic E-state index is 13.1. The van der Waals surface area contributed by atoms with E-state index in [1.54, 1.807) is 14.0 Å². The highest BCUT2D eigenvalue weighted by atomic mass is 16.5. The van der Waals surface area contributed by atoms with Crippen LogP contribution in [0.1, 0.15) is 40.7 Å². The van der Waals surface area contributed by atoms with Crippen molar-refractivity contribution in [3.63, 3.8) is 0 Å². The van der Waals surface area contributed by atoms with Crippen molar-refractivity contribution in [1.29, 1.82) is 0 Å². The fraction of sp³-hybridized carbons (Fsp3) is 0.348. The highest BCUT2D eigenvalue weighted by Gasteiger charge is 2.20. The summed E-state index contributed by atoms with van der Waals surface area (Å²) in [4.78, 5) is 26.3. The van der Waals surface area contributed by atoms with Crippen molar-refractivity contribution in [2.75, 3.05) is 20.2 Å². The molecule has 0 radical (unpaired) electrons. The second kappa shape index (κ2) is 9.43. The molecule has 0 atom stereocenters. The number of carbonyl (C=O) groups excluding carboxylic acids is 2. The monoisotopic (exact) mass is 410 g/mol. The number of ether oxygens (including phenoxy) is 2. The Morgan fingerprint density at radius 2 is 1.83 bits per heavy atom. The van der Waals surface area contributed by atoms with Gasteiger partial charge in [0, 0.05) is 13.6 Å². The summed E-state index contributed by atoms with van der Waals surface area (Å²) < 4.78 is 16.2. The molecule has 1 amide bonds. The minimum absolute atomic E-state index is 0.138. The number of nitrogens with zero attached hydrogens (tertiary/aromatic N) is 2. The van der Waals surface area contributed by atoms with Gasteiger partial charge in [-0.3, -0.25) is 9.59 Å². The van der Waals surface area contributed by atoms with Gasteiger partial charge < -0.3 is 18.9 Å². The molecule has 0 aliphatic heterocycles. The molecule has 0 saturated carbocycles. The van der Waals surface area contributed by atoms with Gasteiger partial charge in [-0.2, -0.15) is 0 Å². The van der Waals surface area contributed by atoms with E-state index in [2.05, 4.69) is 5.16 Å². The first kappa shape index (κ1) is 21.4. The number of amides is 1. The molecule has 0 aliphatic carbocycles. The molecule has 1 heterocycles. The van der Waals surface area contributed by atoms with Crippen molar-refractivity contribution in [3.8, 4) is 5.75 Å². The summed E-state index contributed by atoms with van der Waals surface area (Å²) in [5, 5.41) is 5.85. The lowest BCUT2D eigenvalue weighted by molar-refractivity contribution is -0.143. The van der Waals surface area contributed by atoms with E-state index in [-0.39, 0.29) is 31.4 Å². The van der Waals surface area contributed by atoms with E-state index in [9.17, 15) is 9.59 Å². The highest BCUT2D eigenvalue weighted by molar-refractivity contribution is 6.01. The van der Waals surface area contributed by atoms with Gasteiger partial charge in [-0.05, 0) is 43.7 Å². The molecule has 1 aromatic heterocycles. The third kappa shape index (κ3) is 4.79. The average Bonchev–Trinajstić information content (AvgIpc) is 3.06. The second-order valence-electron chi connectivity index (χ2n) is 7.07. The van der Waals surface area contributed by atoms with E-state index in [0.29, 0.717) is 23.7 Å². The third-order valence-corrected chi connectivity index (χ3v) is 4.93. The molecule has 0 unspecified atom stereocenters. The first-order valence-corrected chi connectivity index (χ1v) is 9.89. The summed E-state index contributed by atoms with van der Waals surface area (Å²) in [7, 11) is 1.66. The van der Waals surface area contributed by atoms with Crippen LogP contribution in [0.3, 0.4) is 0 Å². The summed E-state index contributed by atoms with van der Waals surface area (Å²) in [5.74, 6) is 0.610. The molecule has 0 spiro atoms. The summed E-state index contributed by atoms with van der Waals surface area (Å²) >= 11 is 0. The van der Waals surface area contributed by atoms with Crippen LogP contribution in [0, 0.1) is 13.8 Å². The van der Waals surface area contributed by atoms with Gasteiger partial charge >= 0.3 is 5.97 Å². The molecule has 0 fully saturated rings. The van der Waals surface area contributed by atoms with Crippen molar-refractivity contribution in [3.05, 3.63) is 59.0 Å². The Hall–Kier alpha value is -3.35. The predicted octanol–water partition coefficient (Wildman–Crippen LogP) is 4.05. The Morgan fingerprint density at radius 3 is 2.47 bits per heavy atom. The van der Waals surface area contributed by atoms with Crippen LogP contribution in [0.15, 0.2) is 40.9 Å². The topological polar surface area (TPSA) is 81.9 Å². The second-order valence-corrected chi connectivity index (χ2v) is 7.07. The average molecular weight is 410 g/mol. The minimum Gasteiger partial charge on any atom is -0.488 e. The van der Waals surface area contributed by atoms with E-state index in [1.165, 1.54) is 4.90 Å². The molecule has 3 rings (SSSR count). The van der Waals surface area contributed by atoms with Crippen molar-refractivity contribution >= 4 is 22.6 Å². The van der Waals surface area contributed by atoms with Crippen LogP contribution in [0.2, 0.25) is 0 Å². The molecule has 7 nitrogen and oxygen atoms in total. The first-order valence-electron chi connectivity index (χ1n) is 9.89. The predicted molar refractivity (Wildman–Crippen MR) is 112 cm³/mol. The molecular weight excluding hydrogens is 384 g/mol. The van der Waals surface area contributed by atoms with Gasteiger partial charge in [0.05, 0.1) is 29.8 Å². The number of hydrogen-bond donors (Lipinski definition) is 0. The zero-order valence-corrected chi connectivity index (χ0v) is 17.7. The smallest absolute Gasteiger partial charge is 0.307 e.